The number of fused-ring (bicyclic) bond motifs is 1. The fourth-order valence-electron chi connectivity index (χ4n) is 4.50. The fourth-order valence-corrected chi connectivity index (χ4v) is 5.76. The Labute approximate surface area is 186 Å². The first-order valence-electron chi connectivity index (χ1n) is 10.7. The summed E-state index contributed by atoms with van der Waals surface area (Å²) >= 11 is 1.97. The Morgan fingerprint density at radius 2 is 1.74 bits per heavy atom. The van der Waals surface area contributed by atoms with E-state index in [9.17, 15) is 4.79 Å². The van der Waals surface area contributed by atoms with Crippen molar-refractivity contribution in [1.82, 2.24) is 19.9 Å². The number of H-pyrrole nitrogens is 1. The number of thioether (sulfide) groups is 1. The van der Waals surface area contributed by atoms with Crippen LogP contribution in [0.15, 0.2) is 79.1 Å². The lowest BCUT2D eigenvalue weighted by molar-refractivity contribution is -0.123. The normalized spacial score (nSPS) is 16.8. The van der Waals surface area contributed by atoms with Crippen molar-refractivity contribution >= 4 is 28.7 Å². The molecule has 1 fully saturated rings. The van der Waals surface area contributed by atoms with Gasteiger partial charge in [-0.1, -0.05) is 42.5 Å². The average Bonchev–Trinajstić information content (AvgIpc) is 3.49. The number of para-hydroxylation sites is 2. The van der Waals surface area contributed by atoms with Gasteiger partial charge in [0, 0.05) is 12.4 Å². The number of aromatic amines is 1. The molecule has 31 heavy (non-hydrogen) atoms. The fraction of sp³-hybridized carbons (Fsp3) is 0.280. The molecule has 1 atom stereocenters. The van der Waals surface area contributed by atoms with Crippen LogP contribution in [0.25, 0.3) is 11.0 Å². The second-order valence-electron chi connectivity index (χ2n) is 8.15. The quantitative estimate of drug-likeness (QED) is 0.458. The highest BCUT2D eigenvalue weighted by molar-refractivity contribution is 7.99. The maximum atomic E-state index is 13.4. The Morgan fingerprint density at radius 1 is 1.03 bits per heavy atom. The van der Waals surface area contributed by atoms with E-state index in [0.717, 1.165) is 46.8 Å². The van der Waals surface area contributed by atoms with Gasteiger partial charge in [0.25, 0.3) is 0 Å². The van der Waals surface area contributed by atoms with Gasteiger partial charge in [0.05, 0.1) is 23.0 Å². The van der Waals surface area contributed by atoms with Gasteiger partial charge < -0.3 is 14.9 Å². The maximum absolute atomic E-state index is 13.4. The van der Waals surface area contributed by atoms with E-state index in [1.54, 1.807) is 0 Å². The van der Waals surface area contributed by atoms with Crippen LogP contribution in [-0.2, 0) is 10.3 Å². The molecule has 2 N–H and O–H groups in total. The number of amides is 1. The van der Waals surface area contributed by atoms with Gasteiger partial charge in [0.1, 0.15) is 11.9 Å². The number of benzene rings is 2. The van der Waals surface area contributed by atoms with Gasteiger partial charge in [-0.05, 0) is 54.2 Å². The third-order valence-electron chi connectivity index (χ3n) is 6.18. The third-order valence-corrected chi connectivity index (χ3v) is 7.17. The Hall–Kier alpha value is -2.99. The highest BCUT2D eigenvalue weighted by atomic mass is 32.2. The van der Waals surface area contributed by atoms with Gasteiger partial charge in [0.2, 0.25) is 5.91 Å². The monoisotopic (exact) mass is 430 g/mol. The van der Waals surface area contributed by atoms with Crippen molar-refractivity contribution in [2.45, 2.75) is 30.8 Å². The topological polar surface area (TPSA) is 62.7 Å². The summed E-state index contributed by atoms with van der Waals surface area (Å²) in [6, 6.07) is 21.8. The molecule has 5 nitrogen and oxygen atoms in total. The van der Waals surface area contributed by atoms with Gasteiger partial charge in [-0.2, -0.15) is 11.8 Å². The number of hydrogen-bond acceptors (Lipinski definition) is 3. The molecule has 158 valence electrons. The second kappa shape index (κ2) is 8.63. The zero-order chi connectivity index (χ0) is 21.1. The molecule has 1 aliphatic heterocycles. The molecule has 0 saturated carbocycles. The molecule has 1 aliphatic rings. The van der Waals surface area contributed by atoms with E-state index in [4.69, 9.17) is 4.98 Å². The van der Waals surface area contributed by atoms with Crippen LogP contribution in [-0.4, -0.2) is 31.9 Å². The first-order valence-corrected chi connectivity index (χ1v) is 11.9. The van der Waals surface area contributed by atoms with Crippen molar-refractivity contribution in [3.05, 3.63) is 90.5 Å². The Kier molecular flexibility index (Phi) is 5.55. The number of hydrogen-bond donors (Lipinski definition) is 2. The minimum absolute atomic E-state index is 0.0508. The van der Waals surface area contributed by atoms with E-state index in [2.05, 4.69) is 27.3 Å². The van der Waals surface area contributed by atoms with Gasteiger partial charge in [-0.3, -0.25) is 4.79 Å². The van der Waals surface area contributed by atoms with Crippen LogP contribution in [0.1, 0.15) is 36.7 Å². The third kappa shape index (κ3) is 4.12. The lowest BCUT2D eigenvalue weighted by atomic mass is 9.87. The summed E-state index contributed by atoms with van der Waals surface area (Å²) in [5, 5.41) is 3.29. The lowest BCUT2D eigenvalue weighted by Gasteiger charge is -2.38. The molecule has 0 spiro atoms. The van der Waals surface area contributed by atoms with Crippen molar-refractivity contribution < 1.29 is 4.79 Å². The number of nitrogens with zero attached hydrogens (tertiary/aromatic N) is 2. The van der Waals surface area contributed by atoms with E-state index >= 15 is 0 Å². The molecule has 1 saturated heterocycles. The number of carbonyl (C=O) groups is 1. The Morgan fingerprint density at radius 3 is 2.48 bits per heavy atom. The number of imidazole rings is 1. The van der Waals surface area contributed by atoms with Crippen LogP contribution >= 0.6 is 11.8 Å². The molecule has 0 radical (unpaired) electrons. The largest absolute Gasteiger partial charge is 0.348 e. The van der Waals surface area contributed by atoms with Gasteiger partial charge in [-0.15, -0.1) is 0 Å². The highest BCUT2D eigenvalue weighted by Gasteiger charge is 2.36. The smallest absolute Gasteiger partial charge is 0.223 e. The molecular formula is C25H26N4OS. The minimum Gasteiger partial charge on any atom is -0.348 e. The van der Waals surface area contributed by atoms with Crippen LogP contribution < -0.4 is 5.32 Å². The van der Waals surface area contributed by atoms with Crippen molar-refractivity contribution in [3.8, 4) is 0 Å². The number of rotatable bonds is 6. The minimum atomic E-state index is -0.319. The molecule has 3 heterocycles. The zero-order valence-electron chi connectivity index (χ0n) is 17.3. The molecule has 2 aromatic carbocycles. The van der Waals surface area contributed by atoms with Crippen molar-refractivity contribution in [2.75, 3.05) is 11.5 Å². The molecular weight excluding hydrogens is 404 g/mol. The molecule has 2 aromatic heterocycles. The predicted octanol–water partition coefficient (Wildman–Crippen LogP) is 4.88. The van der Waals surface area contributed by atoms with E-state index in [-0.39, 0.29) is 17.5 Å². The summed E-state index contributed by atoms with van der Waals surface area (Å²) in [7, 11) is 0. The maximum Gasteiger partial charge on any atom is 0.223 e. The zero-order valence-corrected chi connectivity index (χ0v) is 18.1. The molecule has 5 rings (SSSR count). The summed E-state index contributed by atoms with van der Waals surface area (Å²) in [6.45, 7) is 0. The van der Waals surface area contributed by atoms with Crippen LogP contribution in [0.4, 0.5) is 0 Å². The van der Waals surface area contributed by atoms with Crippen LogP contribution in [0, 0.1) is 0 Å². The Bertz CT molecular complexity index is 1110. The van der Waals surface area contributed by atoms with Crippen molar-refractivity contribution in [3.63, 3.8) is 0 Å². The first kappa shape index (κ1) is 19.9. The summed E-state index contributed by atoms with van der Waals surface area (Å²) in [5.74, 6) is 2.97. The molecule has 1 unspecified atom stereocenters. The number of carbonyl (C=O) groups excluding carboxylic acids is 1. The molecule has 0 bridgehead atoms. The van der Waals surface area contributed by atoms with Gasteiger partial charge in [0.15, 0.2) is 0 Å². The molecule has 6 heteroatoms. The van der Waals surface area contributed by atoms with Crippen LogP contribution in [0.3, 0.4) is 0 Å². The SMILES string of the molecule is O=C(CC1(n2cccc2)CCSCC1)NC(c1ccccc1)c1nc2ccccc2[nH]1. The van der Waals surface area contributed by atoms with Gasteiger partial charge >= 0.3 is 0 Å². The van der Waals surface area contributed by atoms with E-state index in [0.29, 0.717) is 6.42 Å². The average molecular weight is 431 g/mol. The standard InChI is InChI=1S/C25H26N4OS/c30-22(18-25(12-16-31-17-13-25)29-14-6-7-15-29)28-23(19-8-2-1-3-9-19)24-26-20-10-4-5-11-21(20)27-24/h1-11,14-15,23H,12-13,16-18H2,(H,26,27)(H,28,30). The van der Waals surface area contributed by atoms with Gasteiger partial charge in [-0.25, -0.2) is 4.98 Å². The van der Waals surface area contributed by atoms with Crippen LogP contribution in [0.2, 0.25) is 0 Å². The lowest BCUT2D eigenvalue weighted by Crippen LogP contribution is -2.42. The summed E-state index contributed by atoms with van der Waals surface area (Å²) < 4.78 is 2.24. The molecule has 1 amide bonds. The number of aromatic nitrogens is 3. The van der Waals surface area contributed by atoms with E-state index in [1.165, 1.54) is 0 Å². The van der Waals surface area contributed by atoms with Crippen LogP contribution in [0.5, 0.6) is 0 Å². The van der Waals surface area contributed by atoms with E-state index in [1.807, 2.05) is 78.5 Å². The number of nitrogens with one attached hydrogen (secondary N) is 2. The Balaban J connectivity index is 1.44. The molecule has 0 aliphatic carbocycles. The molecule has 4 aromatic rings. The summed E-state index contributed by atoms with van der Waals surface area (Å²) in [6.07, 6.45) is 6.65. The predicted molar refractivity (Wildman–Crippen MR) is 126 cm³/mol. The highest BCUT2D eigenvalue weighted by Crippen LogP contribution is 2.37. The first-order chi connectivity index (χ1) is 15.2. The van der Waals surface area contributed by atoms with Crippen molar-refractivity contribution in [2.24, 2.45) is 0 Å². The van der Waals surface area contributed by atoms with Crippen molar-refractivity contribution in [1.29, 1.82) is 0 Å². The summed E-state index contributed by atoms with van der Waals surface area (Å²) in [4.78, 5) is 21.6. The summed E-state index contributed by atoms with van der Waals surface area (Å²) in [5.41, 5.74) is 2.74. The second-order valence-corrected chi connectivity index (χ2v) is 9.38. The van der Waals surface area contributed by atoms with E-state index < -0.39 is 0 Å².